The maximum atomic E-state index is 8.16. The summed E-state index contributed by atoms with van der Waals surface area (Å²) in [6.07, 6.45) is 1.81. The SMILES string of the molecule is COC1C2CC1CN(CCN=[N+]=[N-])C2. The smallest absolute Gasteiger partial charge is 0.0652 e. The van der Waals surface area contributed by atoms with Gasteiger partial charge in [0.1, 0.15) is 0 Å². The van der Waals surface area contributed by atoms with Crippen molar-refractivity contribution in [1.29, 1.82) is 0 Å². The lowest BCUT2D eigenvalue weighted by molar-refractivity contribution is -0.126. The van der Waals surface area contributed by atoms with E-state index < -0.39 is 0 Å². The number of ether oxygens (including phenoxy) is 1. The molecule has 2 unspecified atom stereocenters. The second-order valence-electron chi connectivity index (χ2n) is 4.17. The molecule has 0 aromatic heterocycles. The number of rotatable bonds is 4. The van der Waals surface area contributed by atoms with Crippen LogP contribution in [0.2, 0.25) is 0 Å². The first-order valence-electron chi connectivity index (χ1n) is 5.11. The molecule has 1 aliphatic carbocycles. The molecular weight excluding hydrogens is 180 g/mol. The highest BCUT2D eigenvalue weighted by molar-refractivity contribution is 4.98. The fourth-order valence-electron chi connectivity index (χ4n) is 2.74. The molecule has 0 spiro atoms. The molecule has 5 nitrogen and oxygen atoms in total. The molecule has 2 aliphatic heterocycles. The summed E-state index contributed by atoms with van der Waals surface area (Å²) < 4.78 is 5.42. The normalized spacial score (nSPS) is 35.9. The van der Waals surface area contributed by atoms with Gasteiger partial charge in [0.25, 0.3) is 0 Å². The average Bonchev–Trinajstić information content (AvgIpc) is 2.19. The minimum absolute atomic E-state index is 0.491. The number of methoxy groups -OCH3 is 1. The van der Waals surface area contributed by atoms with Gasteiger partial charge in [0.05, 0.1) is 6.10 Å². The maximum absolute atomic E-state index is 8.16. The van der Waals surface area contributed by atoms with Crippen LogP contribution in [-0.2, 0) is 4.74 Å². The van der Waals surface area contributed by atoms with E-state index in [1.54, 1.807) is 7.11 Å². The summed E-state index contributed by atoms with van der Waals surface area (Å²) in [6, 6.07) is 0. The second-order valence-corrected chi connectivity index (χ2v) is 4.17. The van der Waals surface area contributed by atoms with Crippen molar-refractivity contribution in [1.82, 2.24) is 4.90 Å². The molecule has 0 amide bonds. The molecule has 5 heteroatoms. The first kappa shape index (κ1) is 9.77. The third-order valence-corrected chi connectivity index (χ3v) is 3.37. The van der Waals surface area contributed by atoms with Gasteiger partial charge in [0.2, 0.25) is 0 Å². The Morgan fingerprint density at radius 2 is 2.21 bits per heavy atom. The summed E-state index contributed by atoms with van der Waals surface area (Å²) in [5.41, 5.74) is 8.16. The molecular formula is C9H16N4O. The van der Waals surface area contributed by atoms with Gasteiger partial charge in [0.15, 0.2) is 0 Å². The molecule has 1 saturated carbocycles. The molecule has 0 aromatic rings. The van der Waals surface area contributed by atoms with Crippen LogP contribution in [0.1, 0.15) is 6.42 Å². The minimum Gasteiger partial charge on any atom is -0.381 e. The Hall–Kier alpha value is -0.770. The first-order chi connectivity index (χ1) is 6.85. The predicted octanol–water partition coefficient (Wildman–Crippen LogP) is 1.26. The molecule has 3 aliphatic rings. The fraction of sp³-hybridized carbons (Fsp3) is 1.00. The molecule has 2 bridgehead atoms. The summed E-state index contributed by atoms with van der Waals surface area (Å²) in [6.45, 7) is 3.70. The van der Waals surface area contributed by atoms with E-state index in [-0.39, 0.29) is 0 Å². The maximum Gasteiger partial charge on any atom is 0.0652 e. The summed E-state index contributed by atoms with van der Waals surface area (Å²) in [7, 11) is 1.81. The fourth-order valence-corrected chi connectivity index (χ4v) is 2.74. The Morgan fingerprint density at radius 1 is 1.50 bits per heavy atom. The monoisotopic (exact) mass is 196 g/mol. The van der Waals surface area contributed by atoms with Gasteiger partial charge in [-0.2, -0.15) is 0 Å². The zero-order chi connectivity index (χ0) is 9.97. The molecule has 2 saturated heterocycles. The van der Waals surface area contributed by atoms with Gasteiger partial charge in [-0.1, -0.05) is 5.11 Å². The molecule has 0 aromatic carbocycles. The van der Waals surface area contributed by atoms with E-state index in [0.717, 1.165) is 19.6 Å². The summed E-state index contributed by atoms with van der Waals surface area (Å²) >= 11 is 0. The van der Waals surface area contributed by atoms with E-state index >= 15 is 0 Å². The van der Waals surface area contributed by atoms with Crippen LogP contribution in [0, 0.1) is 11.8 Å². The molecule has 3 rings (SSSR count). The topological polar surface area (TPSA) is 61.2 Å². The van der Waals surface area contributed by atoms with Gasteiger partial charge in [-0.25, -0.2) is 0 Å². The van der Waals surface area contributed by atoms with Crippen molar-refractivity contribution in [2.75, 3.05) is 33.3 Å². The predicted molar refractivity (Wildman–Crippen MR) is 52.8 cm³/mol. The number of hydrogen-bond acceptors (Lipinski definition) is 3. The Kier molecular flexibility index (Phi) is 2.91. The minimum atomic E-state index is 0.491. The van der Waals surface area contributed by atoms with Crippen molar-refractivity contribution in [3.8, 4) is 0 Å². The van der Waals surface area contributed by atoms with Gasteiger partial charge in [-0.15, -0.1) is 0 Å². The first-order valence-corrected chi connectivity index (χ1v) is 5.11. The van der Waals surface area contributed by atoms with E-state index in [4.69, 9.17) is 10.3 Å². The molecule has 0 radical (unpaired) electrons. The highest BCUT2D eigenvalue weighted by Gasteiger charge is 2.46. The summed E-state index contributed by atoms with van der Waals surface area (Å²) in [5.74, 6) is 1.43. The van der Waals surface area contributed by atoms with Crippen molar-refractivity contribution in [3.05, 3.63) is 10.4 Å². The van der Waals surface area contributed by atoms with Gasteiger partial charge < -0.3 is 9.64 Å². The van der Waals surface area contributed by atoms with Crippen LogP contribution in [-0.4, -0.2) is 44.3 Å². The van der Waals surface area contributed by atoms with Crippen molar-refractivity contribution in [2.24, 2.45) is 17.0 Å². The second kappa shape index (κ2) is 4.17. The van der Waals surface area contributed by atoms with Gasteiger partial charge in [0, 0.05) is 38.2 Å². The Bertz CT molecular complexity index is 239. The highest BCUT2D eigenvalue weighted by atomic mass is 16.5. The number of azide groups is 1. The van der Waals surface area contributed by atoms with Crippen molar-refractivity contribution in [3.63, 3.8) is 0 Å². The molecule has 78 valence electrons. The lowest BCUT2D eigenvalue weighted by atomic mass is 9.68. The van der Waals surface area contributed by atoms with E-state index in [0.29, 0.717) is 24.5 Å². The Labute approximate surface area is 83.7 Å². The lowest BCUT2D eigenvalue weighted by Gasteiger charge is -2.52. The zero-order valence-electron chi connectivity index (χ0n) is 8.46. The van der Waals surface area contributed by atoms with E-state index in [9.17, 15) is 0 Å². The standard InChI is InChI=1S/C9H16N4O/c1-14-9-7-4-8(9)6-13(5-7)3-2-11-12-10/h7-9H,2-6H2,1H3. The van der Waals surface area contributed by atoms with Crippen LogP contribution >= 0.6 is 0 Å². The molecule has 2 heterocycles. The summed E-state index contributed by atoms with van der Waals surface area (Å²) in [4.78, 5) is 5.13. The van der Waals surface area contributed by atoms with E-state index in [2.05, 4.69) is 14.9 Å². The Morgan fingerprint density at radius 3 is 2.79 bits per heavy atom. The number of hydrogen-bond donors (Lipinski definition) is 0. The number of nitrogens with zero attached hydrogens (tertiary/aromatic N) is 4. The molecule has 14 heavy (non-hydrogen) atoms. The lowest BCUT2D eigenvalue weighted by Crippen LogP contribution is -2.59. The highest BCUT2D eigenvalue weighted by Crippen LogP contribution is 2.41. The third-order valence-electron chi connectivity index (χ3n) is 3.37. The van der Waals surface area contributed by atoms with Crippen LogP contribution in [0.25, 0.3) is 10.4 Å². The average molecular weight is 196 g/mol. The van der Waals surface area contributed by atoms with Gasteiger partial charge in [-0.05, 0) is 23.8 Å². The van der Waals surface area contributed by atoms with Gasteiger partial charge in [-0.3, -0.25) is 0 Å². The summed E-state index contributed by atoms with van der Waals surface area (Å²) in [5, 5.41) is 3.55. The third kappa shape index (κ3) is 1.71. The number of piperidine rings is 2. The molecule has 0 N–H and O–H groups in total. The van der Waals surface area contributed by atoms with Crippen LogP contribution in [0.4, 0.5) is 0 Å². The van der Waals surface area contributed by atoms with Gasteiger partial charge >= 0.3 is 0 Å². The van der Waals surface area contributed by atoms with Crippen molar-refractivity contribution in [2.45, 2.75) is 12.5 Å². The van der Waals surface area contributed by atoms with Crippen LogP contribution in [0.15, 0.2) is 5.11 Å². The van der Waals surface area contributed by atoms with Crippen LogP contribution < -0.4 is 0 Å². The molecule has 2 atom stereocenters. The number of fused-ring (bicyclic) bond motifs is 2. The molecule has 3 fully saturated rings. The van der Waals surface area contributed by atoms with Crippen molar-refractivity contribution >= 4 is 0 Å². The van der Waals surface area contributed by atoms with Crippen LogP contribution in [0.3, 0.4) is 0 Å². The van der Waals surface area contributed by atoms with Crippen LogP contribution in [0.5, 0.6) is 0 Å². The van der Waals surface area contributed by atoms with E-state index in [1.165, 1.54) is 6.42 Å². The van der Waals surface area contributed by atoms with Crippen molar-refractivity contribution < 1.29 is 4.74 Å². The van der Waals surface area contributed by atoms with E-state index in [1.807, 2.05) is 0 Å². The Balaban J connectivity index is 1.76. The zero-order valence-corrected chi connectivity index (χ0v) is 8.46. The quantitative estimate of drug-likeness (QED) is 0.386. The largest absolute Gasteiger partial charge is 0.381 e.